The van der Waals surface area contributed by atoms with Crippen LogP contribution in [0.25, 0.3) is 0 Å². The van der Waals surface area contributed by atoms with Crippen molar-refractivity contribution < 1.29 is 9.47 Å². The normalized spacial score (nSPS) is 18.8. The maximum atomic E-state index is 6.00. The van der Waals surface area contributed by atoms with Crippen LogP contribution in [0.1, 0.15) is 25.3 Å². The van der Waals surface area contributed by atoms with E-state index >= 15 is 0 Å². The van der Waals surface area contributed by atoms with E-state index in [2.05, 4.69) is 22.1 Å². The number of hydrogen-bond acceptors (Lipinski definition) is 4. The number of likely N-dealkylation sites (tertiary alicyclic amines) is 1. The molecule has 0 amide bonds. The average molecular weight is 334 g/mol. The van der Waals surface area contributed by atoms with E-state index in [0.717, 1.165) is 24.4 Å². The molecule has 24 heavy (non-hydrogen) atoms. The van der Waals surface area contributed by atoms with Gasteiger partial charge in [0.15, 0.2) is 5.96 Å². The molecule has 2 rings (SSSR count). The zero-order chi connectivity index (χ0) is 17.2. The first kappa shape index (κ1) is 18.5. The molecule has 1 aromatic carbocycles. The zero-order valence-electron chi connectivity index (χ0n) is 14.8. The first-order chi connectivity index (χ1) is 11.7. The zero-order valence-corrected chi connectivity index (χ0v) is 14.8. The molecule has 3 N–H and O–H groups in total. The van der Waals surface area contributed by atoms with Gasteiger partial charge in [0.05, 0.1) is 13.2 Å². The topological polar surface area (TPSA) is 72.1 Å². The van der Waals surface area contributed by atoms with Crippen molar-refractivity contribution in [2.75, 3.05) is 40.0 Å². The van der Waals surface area contributed by atoms with Gasteiger partial charge >= 0.3 is 0 Å². The van der Waals surface area contributed by atoms with Crippen LogP contribution in [0.5, 0.6) is 5.75 Å². The van der Waals surface area contributed by atoms with Crippen molar-refractivity contribution in [3.05, 3.63) is 29.8 Å². The molecule has 6 heteroatoms. The van der Waals surface area contributed by atoms with Crippen LogP contribution in [0.15, 0.2) is 29.3 Å². The van der Waals surface area contributed by atoms with Gasteiger partial charge in [0.2, 0.25) is 0 Å². The summed E-state index contributed by atoms with van der Waals surface area (Å²) in [5.74, 6) is 1.33. The number of benzene rings is 1. The molecule has 1 aliphatic heterocycles. The standard InChI is InChI=1S/C18H30N4O2/c1-3-22-9-5-7-16(22)14-21-18(19)20-13-15-6-4-8-17(12-15)24-11-10-23-2/h4,6,8,12,16H,3,5,7,9-11,13-14H2,1-2H3,(H3,19,20,21). The summed E-state index contributed by atoms with van der Waals surface area (Å²) >= 11 is 0. The predicted molar refractivity (Wildman–Crippen MR) is 97.4 cm³/mol. The Kier molecular flexibility index (Phi) is 7.85. The fourth-order valence-corrected chi connectivity index (χ4v) is 2.97. The van der Waals surface area contributed by atoms with E-state index in [1.807, 2.05) is 24.3 Å². The first-order valence-corrected chi connectivity index (χ1v) is 8.71. The van der Waals surface area contributed by atoms with Crippen LogP contribution in [0, 0.1) is 0 Å². The van der Waals surface area contributed by atoms with Gasteiger partial charge in [0, 0.05) is 19.7 Å². The molecule has 0 radical (unpaired) electrons. The number of rotatable bonds is 9. The van der Waals surface area contributed by atoms with Gasteiger partial charge in [-0.3, -0.25) is 4.90 Å². The Labute approximate surface area is 145 Å². The molecule has 0 spiro atoms. The monoisotopic (exact) mass is 334 g/mol. The number of likely N-dealkylation sites (N-methyl/N-ethyl adjacent to an activating group) is 1. The molecule has 1 aliphatic rings. The molecular formula is C18H30N4O2. The second-order valence-corrected chi connectivity index (χ2v) is 6.00. The largest absolute Gasteiger partial charge is 0.491 e. The van der Waals surface area contributed by atoms with E-state index in [1.54, 1.807) is 7.11 Å². The lowest BCUT2D eigenvalue weighted by atomic mass is 10.2. The van der Waals surface area contributed by atoms with Crippen LogP contribution in [-0.2, 0) is 11.3 Å². The third-order valence-electron chi connectivity index (χ3n) is 4.31. The van der Waals surface area contributed by atoms with Gasteiger partial charge in [-0.2, -0.15) is 0 Å². The van der Waals surface area contributed by atoms with Crippen LogP contribution in [-0.4, -0.2) is 56.9 Å². The third kappa shape index (κ3) is 6.02. The van der Waals surface area contributed by atoms with E-state index in [4.69, 9.17) is 15.2 Å². The molecule has 134 valence electrons. The summed E-state index contributed by atoms with van der Waals surface area (Å²) < 4.78 is 10.6. The molecule has 6 nitrogen and oxygen atoms in total. The molecule has 0 aromatic heterocycles. The summed E-state index contributed by atoms with van der Waals surface area (Å²) in [5.41, 5.74) is 7.07. The number of nitrogens with two attached hydrogens (primary N) is 1. The highest BCUT2D eigenvalue weighted by molar-refractivity contribution is 5.77. The molecule has 1 heterocycles. The molecule has 1 unspecified atom stereocenters. The minimum Gasteiger partial charge on any atom is -0.491 e. The van der Waals surface area contributed by atoms with Crippen LogP contribution in [0.4, 0.5) is 0 Å². The Morgan fingerprint density at radius 2 is 2.29 bits per heavy atom. The fourth-order valence-electron chi connectivity index (χ4n) is 2.97. The minimum atomic E-state index is 0.503. The molecule has 0 saturated carbocycles. The number of ether oxygens (including phenoxy) is 2. The Balaban J connectivity index is 1.78. The molecule has 1 saturated heterocycles. The summed E-state index contributed by atoms with van der Waals surface area (Å²) in [4.78, 5) is 6.92. The second kappa shape index (κ2) is 10.2. The van der Waals surface area contributed by atoms with Gasteiger partial charge in [-0.25, -0.2) is 4.99 Å². The summed E-state index contributed by atoms with van der Waals surface area (Å²) in [6, 6.07) is 8.48. The molecule has 1 fully saturated rings. The van der Waals surface area contributed by atoms with E-state index in [-0.39, 0.29) is 0 Å². The maximum Gasteiger partial charge on any atom is 0.188 e. The summed E-state index contributed by atoms with van der Waals surface area (Å²) in [5, 5.41) is 3.25. The number of hydrogen-bond donors (Lipinski definition) is 2. The van der Waals surface area contributed by atoms with Crippen molar-refractivity contribution in [1.82, 2.24) is 10.2 Å². The Hall–Kier alpha value is -1.79. The van der Waals surface area contributed by atoms with Gasteiger partial charge in [-0.05, 0) is 43.6 Å². The average Bonchev–Trinajstić information content (AvgIpc) is 3.06. The quantitative estimate of drug-likeness (QED) is 0.408. The molecule has 0 bridgehead atoms. The van der Waals surface area contributed by atoms with E-state index in [1.165, 1.54) is 19.4 Å². The lowest BCUT2D eigenvalue weighted by Crippen LogP contribution is -2.42. The van der Waals surface area contributed by atoms with Gasteiger partial charge in [-0.15, -0.1) is 0 Å². The van der Waals surface area contributed by atoms with Crippen LogP contribution in [0.2, 0.25) is 0 Å². The molecule has 0 aliphatic carbocycles. The van der Waals surface area contributed by atoms with Crippen LogP contribution >= 0.6 is 0 Å². The van der Waals surface area contributed by atoms with Crippen molar-refractivity contribution in [2.45, 2.75) is 32.4 Å². The van der Waals surface area contributed by atoms with Crippen molar-refractivity contribution in [2.24, 2.45) is 10.7 Å². The van der Waals surface area contributed by atoms with Crippen molar-refractivity contribution in [1.29, 1.82) is 0 Å². The second-order valence-electron chi connectivity index (χ2n) is 6.00. The highest BCUT2D eigenvalue weighted by Crippen LogP contribution is 2.16. The van der Waals surface area contributed by atoms with Crippen molar-refractivity contribution >= 4 is 5.96 Å². The molecule has 1 atom stereocenters. The minimum absolute atomic E-state index is 0.503. The number of nitrogens with zero attached hydrogens (tertiary/aromatic N) is 2. The van der Waals surface area contributed by atoms with E-state index in [0.29, 0.717) is 31.8 Å². The van der Waals surface area contributed by atoms with Crippen molar-refractivity contribution in [3.63, 3.8) is 0 Å². The Morgan fingerprint density at radius 3 is 3.08 bits per heavy atom. The predicted octanol–water partition coefficient (Wildman–Crippen LogP) is 1.60. The number of nitrogens with one attached hydrogen (secondary N) is 1. The van der Waals surface area contributed by atoms with Gasteiger partial charge in [0.1, 0.15) is 12.4 Å². The summed E-state index contributed by atoms with van der Waals surface area (Å²) in [6.07, 6.45) is 2.50. The maximum absolute atomic E-state index is 6.00. The van der Waals surface area contributed by atoms with Crippen molar-refractivity contribution in [3.8, 4) is 5.75 Å². The van der Waals surface area contributed by atoms with Crippen LogP contribution < -0.4 is 15.8 Å². The Bertz CT molecular complexity index is 521. The Morgan fingerprint density at radius 1 is 1.42 bits per heavy atom. The van der Waals surface area contributed by atoms with E-state index in [9.17, 15) is 0 Å². The lowest BCUT2D eigenvalue weighted by Gasteiger charge is -2.23. The fraction of sp³-hybridized carbons (Fsp3) is 0.611. The van der Waals surface area contributed by atoms with Gasteiger partial charge < -0.3 is 20.5 Å². The molecular weight excluding hydrogens is 304 g/mol. The smallest absolute Gasteiger partial charge is 0.188 e. The molecule has 1 aromatic rings. The van der Waals surface area contributed by atoms with Gasteiger partial charge in [0.25, 0.3) is 0 Å². The van der Waals surface area contributed by atoms with Gasteiger partial charge in [-0.1, -0.05) is 19.1 Å². The van der Waals surface area contributed by atoms with Crippen LogP contribution in [0.3, 0.4) is 0 Å². The summed E-state index contributed by atoms with van der Waals surface area (Å²) in [7, 11) is 1.66. The highest BCUT2D eigenvalue weighted by atomic mass is 16.5. The highest BCUT2D eigenvalue weighted by Gasteiger charge is 2.22. The third-order valence-corrected chi connectivity index (χ3v) is 4.31. The number of guanidine groups is 1. The number of methoxy groups -OCH3 is 1. The first-order valence-electron chi connectivity index (χ1n) is 8.71. The van der Waals surface area contributed by atoms with E-state index < -0.39 is 0 Å². The lowest BCUT2D eigenvalue weighted by molar-refractivity contribution is 0.146. The number of aliphatic imine (C=N–C) groups is 1. The summed E-state index contributed by atoms with van der Waals surface area (Å²) in [6.45, 7) is 7.02. The SMILES string of the molecule is CCN1CCCC1CNC(N)=NCc1cccc(OCCOC)c1.